The van der Waals surface area contributed by atoms with Crippen LogP contribution in [0, 0.1) is 6.58 Å². The molecule has 0 aliphatic rings. The maximum atomic E-state index is 5.25. The van der Waals surface area contributed by atoms with Gasteiger partial charge in [0.2, 0.25) is 0 Å². The number of hydrogen-bond acceptors (Lipinski definition) is 0. The van der Waals surface area contributed by atoms with Gasteiger partial charge in [0.1, 0.15) is 0 Å². The van der Waals surface area contributed by atoms with Crippen LogP contribution in [0.25, 0.3) is 0 Å². The Morgan fingerprint density at radius 1 is 1.00 bits per heavy atom. The van der Waals surface area contributed by atoms with E-state index in [1.165, 1.54) is 32.1 Å². The molecular weight excluding hydrogens is 132 g/mol. The van der Waals surface area contributed by atoms with E-state index in [1.807, 2.05) is 0 Å². The van der Waals surface area contributed by atoms with Gasteiger partial charge in [0.15, 0.2) is 0 Å². The minimum Gasteiger partial charge on any atom is -0.0885 e. The highest BCUT2D eigenvalue weighted by atomic mass is 13.9. The molecule has 0 unspecified atom stereocenters. The second kappa shape index (κ2) is 9.48. The van der Waals surface area contributed by atoms with E-state index in [1.54, 1.807) is 6.08 Å². The lowest BCUT2D eigenvalue weighted by Crippen LogP contribution is -1.71. The van der Waals surface area contributed by atoms with E-state index in [4.69, 9.17) is 6.58 Å². The molecule has 0 bridgehead atoms. The van der Waals surface area contributed by atoms with Crippen LogP contribution in [0.2, 0.25) is 0 Å². The van der Waals surface area contributed by atoms with Crippen molar-refractivity contribution in [2.45, 2.75) is 45.4 Å². The maximum Gasteiger partial charge on any atom is -0.0347 e. The molecule has 0 spiro atoms. The molecule has 0 aliphatic carbocycles. The van der Waals surface area contributed by atoms with Crippen molar-refractivity contribution in [2.75, 3.05) is 0 Å². The average Bonchev–Trinajstić information content (AvgIpc) is 2.03. The van der Waals surface area contributed by atoms with Crippen molar-refractivity contribution >= 4 is 0 Å². The summed E-state index contributed by atoms with van der Waals surface area (Å²) in [6, 6.07) is 0. The van der Waals surface area contributed by atoms with E-state index >= 15 is 0 Å². The zero-order chi connectivity index (χ0) is 8.36. The Bertz CT molecular complexity index is 101. The summed E-state index contributed by atoms with van der Waals surface area (Å²) in [5, 5.41) is 0. The van der Waals surface area contributed by atoms with Gasteiger partial charge < -0.3 is 0 Å². The second-order valence-corrected chi connectivity index (χ2v) is 2.78. The fourth-order valence-electron chi connectivity index (χ4n) is 0.927. The predicted octanol–water partition coefficient (Wildman–Crippen LogP) is 3.89. The molecule has 0 saturated carbocycles. The van der Waals surface area contributed by atoms with Crippen molar-refractivity contribution < 1.29 is 0 Å². The Morgan fingerprint density at radius 3 is 2.27 bits per heavy atom. The summed E-state index contributed by atoms with van der Waals surface area (Å²) in [6.45, 7) is 7.45. The lowest BCUT2D eigenvalue weighted by Gasteiger charge is -1.91. The smallest absolute Gasteiger partial charge is 0.0347 e. The summed E-state index contributed by atoms with van der Waals surface area (Å²) in [5.74, 6) is 0. The minimum absolute atomic E-state index is 1.06. The monoisotopic (exact) mass is 151 g/mol. The molecule has 1 radical (unpaired) electrons. The van der Waals surface area contributed by atoms with Crippen molar-refractivity contribution in [2.24, 2.45) is 0 Å². The van der Waals surface area contributed by atoms with Crippen molar-refractivity contribution in [3.63, 3.8) is 0 Å². The van der Waals surface area contributed by atoms with Crippen molar-refractivity contribution in [1.29, 1.82) is 0 Å². The quantitative estimate of drug-likeness (QED) is 0.382. The van der Waals surface area contributed by atoms with Gasteiger partial charge in [-0.25, -0.2) is 0 Å². The standard InChI is InChI=1S/C11H19/c1-3-5-7-9-11-10-8-6-4-2/h1,3,8,10H,4-7,9,11H2,2H3. The molecule has 0 atom stereocenters. The Labute approximate surface area is 71.0 Å². The van der Waals surface area contributed by atoms with E-state index in [-0.39, 0.29) is 0 Å². The molecule has 0 fully saturated rings. The molecule has 0 amide bonds. The molecule has 63 valence electrons. The number of rotatable bonds is 7. The molecule has 11 heavy (non-hydrogen) atoms. The molecule has 0 nitrogen and oxygen atoms in total. The SMILES string of the molecule is [CH]=CCCCCC=CCCC. The normalized spacial score (nSPS) is 10.6. The molecule has 0 aliphatic heterocycles. The highest BCUT2D eigenvalue weighted by Crippen LogP contribution is 2.01. The first-order chi connectivity index (χ1) is 5.41. The van der Waals surface area contributed by atoms with Crippen LogP contribution in [0.1, 0.15) is 45.4 Å². The van der Waals surface area contributed by atoms with Gasteiger partial charge in [-0.2, -0.15) is 0 Å². The van der Waals surface area contributed by atoms with Crippen LogP contribution in [0.5, 0.6) is 0 Å². The largest absolute Gasteiger partial charge is 0.0885 e. The van der Waals surface area contributed by atoms with Gasteiger partial charge in [-0.3, -0.25) is 0 Å². The average molecular weight is 151 g/mol. The number of hydrogen-bond donors (Lipinski definition) is 0. The molecule has 0 heterocycles. The van der Waals surface area contributed by atoms with Gasteiger partial charge in [0.05, 0.1) is 0 Å². The van der Waals surface area contributed by atoms with Crippen LogP contribution in [-0.4, -0.2) is 0 Å². The maximum absolute atomic E-state index is 5.25. The fourth-order valence-corrected chi connectivity index (χ4v) is 0.927. The molecule has 0 aromatic rings. The third kappa shape index (κ3) is 9.48. The Morgan fingerprint density at radius 2 is 1.64 bits per heavy atom. The first-order valence-electron chi connectivity index (χ1n) is 4.60. The van der Waals surface area contributed by atoms with E-state index in [2.05, 4.69) is 19.1 Å². The molecule has 0 saturated heterocycles. The Kier molecular flexibility index (Phi) is 9.03. The Balaban J connectivity index is 2.94. The summed E-state index contributed by atoms with van der Waals surface area (Å²) in [4.78, 5) is 0. The van der Waals surface area contributed by atoms with Crippen LogP contribution in [0.4, 0.5) is 0 Å². The molecule has 0 aromatic carbocycles. The van der Waals surface area contributed by atoms with Crippen LogP contribution in [-0.2, 0) is 0 Å². The van der Waals surface area contributed by atoms with Crippen LogP contribution in [0.3, 0.4) is 0 Å². The van der Waals surface area contributed by atoms with Crippen LogP contribution >= 0.6 is 0 Å². The van der Waals surface area contributed by atoms with Crippen molar-refractivity contribution in [1.82, 2.24) is 0 Å². The first kappa shape index (κ1) is 10.5. The van der Waals surface area contributed by atoms with Gasteiger partial charge in [0.25, 0.3) is 0 Å². The van der Waals surface area contributed by atoms with Gasteiger partial charge in [-0.15, -0.1) is 0 Å². The number of allylic oxidation sites excluding steroid dienone is 3. The zero-order valence-corrected chi connectivity index (χ0v) is 7.55. The van der Waals surface area contributed by atoms with Gasteiger partial charge in [0, 0.05) is 0 Å². The van der Waals surface area contributed by atoms with E-state index in [0.717, 1.165) is 6.42 Å². The fraction of sp³-hybridized carbons (Fsp3) is 0.636. The minimum atomic E-state index is 1.06. The molecule has 0 aromatic heterocycles. The van der Waals surface area contributed by atoms with E-state index in [0.29, 0.717) is 0 Å². The highest BCUT2D eigenvalue weighted by molar-refractivity contribution is 4.81. The molecule has 0 rings (SSSR count). The third-order valence-electron chi connectivity index (χ3n) is 1.61. The van der Waals surface area contributed by atoms with Gasteiger partial charge in [-0.1, -0.05) is 38.2 Å². The van der Waals surface area contributed by atoms with Crippen LogP contribution in [0.15, 0.2) is 18.2 Å². The summed E-state index contributed by atoms with van der Waals surface area (Å²) in [6.07, 6.45) is 13.5. The first-order valence-corrected chi connectivity index (χ1v) is 4.60. The highest BCUT2D eigenvalue weighted by Gasteiger charge is 1.81. The molecule has 0 N–H and O–H groups in total. The lowest BCUT2D eigenvalue weighted by molar-refractivity contribution is 0.760. The zero-order valence-electron chi connectivity index (χ0n) is 7.55. The third-order valence-corrected chi connectivity index (χ3v) is 1.61. The Hall–Kier alpha value is -0.520. The summed E-state index contributed by atoms with van der Waals surface area (Å²) < 4.78 is 0. The van der Waals surface area contributed by atoms with Crippen molar-refractivity contribution in [3.05, 3.63) is 24.8 Å². The molecule has 0 heteroatoms. The molecular formula is C11H19. The van der Waals surface area contributed by atoms with Gasteiger partial charge in [-0.05, 0) is 32.1 Å². The van der Waals surface area contributed by atoms with Gasteiger partial charge >= 0.3 is 0 Å². The van der Waals surface area contributed by atoms with Crippen LogP contribution < -0.4 is 0 Å². The summed E-state index contributed by atoms with van der Waals surface area (Å²) in [5.41, 5.74) is 0. The van der Waals surface area contributed by atoms with Crippen molar-refractivity contribution in [3.8, 4) is 0 Å². The number of unbranched alkanes of at least 4 members (excludes halogenated alkanes) is 4. The summed E-state index contributed by atoms with van der Waals surface area (Å²) in [7, 11) is 0. The van der Waals surface area contributed by atoms with E-state index in [9.17, 15) is 0 Å². The second-order valence-electron chi connectivity index (χ2n) is 2.78. The predicted molar refractivity (Wildman–Crippen MR) is 51.4 cm³/mol. The topological polar surface area (TPSA) is 0 Å². The lowest BCUT2D eigenvalue weighted by atomic mass is 10.2. The van der Waals surface area contributed by atoms with E-state index < -0.39 is 0 Å². The summed E-state index contributed by atoms with van der Waals surface area (Å²) >= 11 is 0.